The molecular formula is C24H25N3O4. The van der Waals surface area contributed by atoms with Gasteiger partial charge in [-0.1, -0.05) is 19.1 Å². The number of carbonyl (C=O) groups is 4. The molecule has 160 valence electrons. The van der Waals surface area contributed by atoms with Gasteiger partial charge in [0, 0.05) is 48.6 Å². The van der Waals surface area contributed by atoms with Gasteiger partial charge in [0.2, 0.25) is 17.7 Å². The Morgan fingerprint density at radius 3 is 2.68 bits per heavy atom. The number of nitrogens with one attached hydrogen (secondary N) is 1. The van der Waals surface area contributed by atoms with Crippen LogP contribution in [0.2, 0.25) is 0 Å². The quantitative estimate of drug-likeness (QED) is 0.754. The second-order valence-electron chi connectivity index (χ2n) is 7.99. The highest BCUT2D eigenvalue weighted by molar-refractivity contribution is 6.04. The minimum Gasteiger partial charge on any atom is -0.326 e. The zero-order chi connectivity index (χ0) is 22.1. The minimum atomic E-state index is -0.472. The first-order valence-corrected chi connectivity index (χ1v) is 10.5. The molecule has 7 heteroatoms. The second-order valence-corrected chi connectivity index (χ2v) is 7.99. The highest BCUT2D eigenvalue weighted by atomic mass is 16.2. The van der Waals surface area contributed by atoms with Crippen LogP contribution in [0.1, 0.15) is 42.6 Å². The van der Waals surface area contributed by atoms with E-state index in [-0.39, 0.29) is 29.9 Å². The first-order valence-electron chi connectivity index (χ1n) is 10.5. The molecule has 1 unspecified atom stereocenters. The predicted molar refractivity (Wildman–Crippen MR) is 118 cm³/mol. The number of nitrogens with zero attached hydrogens (tertiary/aromatic N) is 2. The van der Waals surface area contributed by atoms with Gasteiger partial charge < -0.3 is 15.1 Å². The predicted octanol–water partition coefficient (Wildman–Crippen LogP) is 3.18. The van der Waals surface area contributed by atoms with Gasteiger partial charge in [-0.25, -0.2) is 0 Å². The van der Waals surface area contributed by atoms with Crippen molar-refractivity contribution in [1.82, 2.24) is 0 Å². The number of amides is 3. The van der Waals surface area contributed by atoms with E-state index in [2.05, 4.69) is 5.32 Å². The lowest BCUT2D eigenvalue weighted by Crippen LogP contribution is -2.28. The molecule has 1 atom stereocenters. The summed E-state index contributed by atoms with van der Waals surface area (Å²) in [5.74, 6) is -0.794. The van der Waals surface area contributed by atoms with Crippen LogP contribution in [-0.4, -0.2) is 36.6 Å². The summed E-state index contributed by atoms with van der Waals surface area (Å²) in [7, 11) is 0. The van der Waals surface area contributed by atoms with Crippen LogP contribution in [0.25, 0.3) is 0 Å². The summed E-state index contributed by atoms with van der Waals surface area (Å²) < 4.78 is 0. The number of ketones is 1. The molecule has 2 aliphatic rings. The molecule has 0 aromatic heterocycles. The molecule has 1 saturated heterocycles. The zero-order valence-corrected chi connectivity index (χ0v) is 17.7. The lowest BCUT2D eigenvalue weighted by atomic mass is 10.1. The summed E-state index contributed by atoms with van der Waals surface area (Å²) in [6.45, 7) is 4.28. The molecule has 2 aromatic rings. The lowest BCUT2D eigenvalue weighted by Gasteiger charge is -2.20. The second kappa shape index (κ2) is 8.34. The Morgan fingerprint density at radius 2 is 1.94 bits per heavy atom. The smallest absolute Gasteiger partial charge is 0.229 e. The van der Waals surface area contributed by atoms with E-state index in [1.54, 1.807) is 34.1 Å². The Hall–Kier alpha value is -3.48. The molecule has 1 N–H and O–H groups in total. The van der Waals surface area contributed by atoms with Gasteiger partial charge in [-0.05, 0) is 49.2 Å². The average molecular weight is 419 g/mol. The molecule has 0 radical (unpaired) electrons. The van der Waals surface area contributed by atoms with E-state index >= 15 is 0 Å². The first-order chi connectivity index (χ1) is 14.9. The zero-order valence-electron chi connectivity index (χ0n) is 17.7. The summed E-state index contributed by atoms with van der Waals surface area (Å²) in [5, 5.41) is 2.82. The Labute approximate surface area is 181 Å². The average Bonchev–Trinajstić information content (AvgIpc) is 3.36. The number of fused-ring (bicyclic) bond motifs is 1. The van der Waals surface area contributed by atoms with Crippen molar-refractivity contribution >= 4 is 40.6 Å². The van der Waals surface area contributed by atoms with E-state index in [0.717, 1.165) is 23.4 Å². The SMILES string of the molecule is CCC(=O)N1CCc2cc(N3CC(C(=O)Nc4cccc(C(C)=O)c4)CC3=O)ccc21. The van der Waals surface area contributed by atoms with Crippen LogP contribution in [0.3, 0.4) is 0 Å². The molecule has 3 amide bonds. The van der Waals surface area contributed by atoms with Crippen LogP contribution in [0.15, 0.2) is 42.5 Å². The Bertz CT molecular complexity index is 1080. The molecule has 2 heterocycles. The molecule has 4 rings (SSSR count). The minimum absolute atomic E-state index is 0.0749. The summed E-state index contributed by atoms with van der Waals surface area (Å²) in [6.07, 6.45) is 1.35. The van der Waals surface area contributed by atoms with Gasteiger partial charge in [0.1, 0.15) is 0 Å². The van der Waals surface area contributed by atoms with E-state index in [0.29, 0.717) is 30.8 Å². The fourth-order valence-corrected chi connectivity index (χ4v) is 4.20. The van der Waals surface area contributed by atoms with Crippen molar-refractivity contribution in [2.75, 3.05) is 28.2 Å². The van der Waals surface area contributed by atoms with Crippen LogP contribution in [0.4, 0.5) is 17.1 Å². The number of hydrogen-bond donors (Lipinski definition) is 1. The fourth-order valence-electron chi connectivity index (χ4n) is 4.20. The van der Waals surface area contributed by atoms with E-state index in [1.165, 1.54) is 6.92 Å². The van der Waals surface area contributed by atoms with Crippen LogP contribution in [-0.2, 0) is 20.8 Å². The molecule has 7 nitrogen and oxygen atoms in total. The van der Waals surface area contributed by atoms with Crippen molar-refractivity contribution in [1.29, 1.82) is 0 Å². The Balaban J connectivity index is 1.46. The van der Waals surface area contributed by atoms with Gasteiger partial charge >= 0.3 is 0 Å². The molecule has 0 bridgehead atoms. The maximum absolute atomic E-state index is 12.7. The molecule has 0 saturated carbocycles. The van der Waals surface area contributed by atoms with Gasteiger partial charge in [0.05, 0.1) is 5.92 Å². The molecule has 0 spiro atoms. The van der Waals surface area contributed by atoms with E-state index in [4.69, 9.17) is 0 Å². The highest BCUT2D eigenvalue weighted by Gasteiger charge is 2.36. The number of benzene rings is 2. The summed E-state index contributed by atoms with van der Waals surface area (Å²) in [6, 6.07) is 12.5. The van der Waals surface area contributed by atoms with Crippen LogP contribution in [0, 0.1) is 5.92 Å². The van der Waals surface area contributed by atoms with Crippen molar-refractivity contribution in [2.24, 2.45) is 5.92 Å². The third-order valence-corrected chi connectivity index (χ3v) is 5.91. The van der Waals surface area contributed by atoms with E-state index in [9.17, 15) is 19.2 Å². The fraction of sp³-hybridized carbons (Fsp3) is 0.333. The number of rotatable bonds is 5. The Morgan fingerprint density at radius 1 is 1.13 bits per heavy atom. The number of hydrogen-bond acceptors (Lipinski definition) is 4. The number of anilines is 3. The molecule has 2 aliphatic heterocycles. The molecule has 0 aliphatic carbocycles. The third-order valence-electron chi connectivity index (χ3n) is 5.91. The molecule has 2 aromatic carbocycles. The first kappa shape index (κ1) is 20.8. The van der Waals surface area contributed by atoms with Gasteiger partial charge in [0.25, 0.3) is 0 Å². The van der Waals surface area contributed by atoms with Crippen molar-refractivity contribution in [3.8, 4) is 0 Å². The summed E-state index contributed by atoms with van der Waals surface area (Å²) >= 11 is 0. The van der Waals surface area contributed by atoms with Gasteiger partial charge in [0.15, 0.2) is 5.78 Å². The maximum atomic E-state index is 12.7. The van der Waals surface area contributed by atoms with E-state index in [1.807, 2.05) is 25.1 Å². The third kappa shape index (κ3) is 4.08. The number of Topliss-reactive ketones (excluding diaryl/α,β-unsaturated/α-hetero) is 1. The Kier molecular flexibility index (Phi) is 5.59. The standard InChI is InChI=1S/C24H25N3O4/c1-3-22(29)26-10-9-17-12-20(7-8-21(17)26)27-14-18(13-23(27)30)24(31)25-19-6-4-5-16(11-19)15(2)28/h4-8,11-12,18H,3,9-10,13-14H2,1-2H3,(H,25,31). The number of carbonyl (C=O) groups excluding carboxylic acids is 4. The van der Waals surface area contributed by atoms with Crippen LogP contribution >= 0.6 is 0 Å². The maximum Gasteiger partial charge on any atom is 0.229 e. The van der Waals surface area contributed by atoms with Crippen molar-refractivity contribution in [2.45, 2.75) is 33.1 Å². The highest BCUT2D eigenvalue weighted by Crippen LogP contribution is 2.34. The summed E-state index contributed by atoms with van der Waals surface area (Å²) in [4.78, 5) is 52.5. The molecule has 31 heavy (non-hydrogen) atoms. The summed E-state index contributed by atoms with van der Waals surface area (Å²) in [5.41, 5.74) is 3.77. The lowest BCUT2D eigenvalue weighted by molar-refractivity contribution is -0.122. The molecular weight excluding hydrogens is 394 g/mol. The van der Waals surface area contributed by atoms with E-state index < -0.39 is 5.92 Å². The monoisotopic (exact) mass is 419 g/mol. The van der Waals surface area contributed by atoms with Gasteiger partial charge in [-0.15, -0.1) is 0 Å². The topological polar surface area (TPSA) is 86.8 Å². The van der Waals surface area contributed by atoms with Gasteiger partial charge in [-0.3, -0.25) is 19.2 Å². The van der Waals surface area contributed by atoms with Crippen molar-refractivity contribution in [3.63, 3.8) is 0 Å². The van der Waals surface area contributed by atoms with Gasteiger partial charge in [-0.2, -0.15) is 0 Å². The molecule has 1 fully saturated rings. The van der Waals surface area contributed by atoms with Crippen molar-refractivity contribution in [3.05, 3.63) is 53.6 Å². The van der Waals surface area contributed by atoms with Crippen molar-refractivity contribution < 1.29 is 19.2 Å². The largest absolute Gasteiger partial charge is 0.326 e. The van der Waals surface area contributed by atoms with Crippen LogP contribution in [0.5, 0.6) is 0 Å². The normalized spacial score (nSPS) is 17.6. The van der Waals surface area contributed by atoms with Crippen LogP contribution < -0.4 is 15.1 Å².